The Balaban J connectivity index is -0.00000162. The molecular weight excluding hydrogens is 252 g/mol. The van der Waals surface area contributed by atoms with E-state index in [4.69, 9.17) is 0 Å². The van der Waals surface area contributed by atoms with E-state index < -0.39 is 0 Å². The van der Waals surface area contributed by atoms with E-state index in [1.54, 1.807) is 5.57 Å². The average molecular weight is 297 g/mol. The smallest absolute Gasteiger partial charge is 0.00564 e. The Labute approximate surface area is 137 Å². The van der Waals surface area contributed by atoms with Gasteiger partial charge in [-0.1, -0.05) is 85.6 Å². The third kappa shape index (κ3) is 5.64. The Bertz CT molecular complexity index is 346. The second-order valence-corrected chi connectivity index (χ2v) is 7.41. The molecule has 1 atom stereocenters. The molecule has 128 valence electrons. The molecule has 0 aliphatic heterocycles. The molecule has 0 N–H and O–H groups in total. The van der Waals surface area contributed by atoms with Gasteiger partial charge in [-0.15, -0.1) is 0 Å². The van der Waals surface area contributed by atoms with Crippen LogP contribution >= 0.6 is 0 Å². The minimum atomic E-state index is 0. The van der Waals surface area contributed by atoms with Gasteiger partial charge in [-0.05, 0) is 50.9 Å². The Hall–Kier alpha value is -0.520. The monoisotopic (exact) mass is 296 g/mol. The van der Waals surface area contributed by atoms with Crippen LogP contribution in [0.5, 0.6) is 0 Å². The standard InChI is InChI=1S/C19H36.2CH4/c1-11-15(5)13-17(12-2)19(9,10)18(7,8)16(6)14(3)4;;/h12,15H,11,13H2,1-10H3;2*1H4. The summed E-state index contributed by atoms with van der Waals surface area (Å²) in [6.45, 7) is 23.2. The lowest BCUT2D eigenvalue weighted by Gasteiger charge is -2.46. The van der Waals surface area contributed by atoms with Gasteiger partial charge in [-0.25, -0.2) is 0 Å². The summed E-state index contributed by atoms with van der Waals surface area (Å²) in [5, 5.41) is 0. The van der Waals surface area contributed by atoms with Crippen LogP contribution in [0, 0.1) is 16.7 Å². The van der Waals surface area contributed by atoms with Crippen molar-refractivity contribution in [2.24, 2.45) is 16.7 Å². The first-order valence-corrected chi connectivity index (χ1v) is 7.82. The Morgan fingerprint density at radius 2 is 1.38 bits per heavy atom. The van der Waals surface area contributed by atoms with E-state index in [-0.39, 0.29) is 25.7 Å². The molecule has 0 heteroatoms. The maximum Gasteiger partial charge on any atom is -0.00564 e. The topological polar surface area (TPSA) is 0 Å². The van der Waals surface area contributed by atoms with Gasteiger partial charge in [-0.3, -0.25) is 0 Å². The molecule has 1 unspecified atom stereocenters. The lowest BCUT2D eigenvalue weighted by atomic mass is 9.59. The van der Waals surface area contributed by atoms with Crippen molar-refractivity contribution in [2.45, 2.75) is 96.9 Å². The minimum absolute atomic E-state index is 0. The fourth-order valence-corrected chi connectivity index (χ4v) is 2.75. The van der Waals surface area contributed by atoms with Crippen LogP contribution in [-0.2, 0) is 0 Å². The van der Waals surface area contributed by atoms with Gasteiger partial charge in [0.25, 0.3) is 0 Å². The molecule has 0 aromatic heterocycles. The second kappa shape index (κ2) is 9.49. The van der Waals surface area contributed by atoms with Crippen molar-refractivity contribution in [3.63, 3.8) is 0 Å². The van der Waals surface area contributed by atoms with Crippen molar-refractivity contribution in [2.75, 3.05) is 0 Å². The van der Waals surface area contributed by atoms with E-state index in [2.05, 4.69) is 75.3 Å². The molecular formula is C21H44. The third-order valence-electron chi connectivity index (χ3n) is 5.67. The Morgan fingerprint density at radius 1 is 0.952 bits per heavy atom. The van der Waals surface area contributed by atoms with Crippen LogP contribution in [-0.4, -0.2) is 0 Å². The van der Waals surface area contributed by atoms with Gasteiger partial charge in [-0.2, -0.15) is 0 Å². The SMILES string of the molecule is C.C.CC=C(CC(C)CC)C(C)(C)C(C)(C)C(C)=C(C)C. The van der Waals surface area contributed by atoms with Crippen LogP contribution in [0.4, 0.5) is 0 Å². The largest absolute Gasteiger partial charge is 0.0879 e. The Morgan fingerprint density at radius 3 is 1.67 bits per heavy atom. The van der Waals surface area contributed by atoms with E-state index in [1.807, 2.05) is 0 Å². The van der Waals surface area contributed by atoms with Crippen LogP contribution in [0.3, 0.4) is 0 Å². The lowest BCUT2D eigenvalue weighted by molar-refractivity contribution is 0.186. The molecule has 0 saturated heterocycles. The van der Waals surface area contributed by atoms with Gasteiger partial charge in [0.2, 0.25) is 0 Å². The molecule has 0 bridgehead atoms. The van der Waals surface area contributed by atoms with Crippen molar-refractivity contribution in [3.05, 3.63) is 22.8 Å². The molecule has 0 radical (unpaired) electrons. The maximum atomic E-state index is 2.41. The van der Waals surface area contributed by atoms with Crippen LogP contribution in [0.25, 0.3) is 0 Å². The summed E-state index contributed by atoms with van der Waals surface area (Å²) in [5.74, 6) is 0.772. The van der Waals surface area contributed by atoms with Crippen molar-refractivity contribution in [1.82, 2.24) is 0 Å². The average Bonchev–Trinajstić information content (AvgIpc) is 2.33. The van der Waals surface area contributed by atoms with Crippen LogP contribution < -0.4 is 0 Å². The fraction of sp³-hybridized carbons (Fsp3) is 0.810. The summed E-state index contributed by atoms with van der Waals surface area (Å²) in [6, 6.07) is 0. The number of hydrogen-bond donors (Lipinski definition) is 0. The molecule has 0 aliphatic carbocycles. The summed E-state index contributed by atoms with van der Waals surface area (Å²) in [4.78, 5) is 0. The van der Waals surface area contributed by atoms with Crippen LogP contribution in [0.15, 0.2) is 22.8 Å². The van der Waals surface area contributed by atoms with E-state index in [9.17, 15) is 0 Å². The first-order chi connectivity index (χ1) is 8.52. The third-order valence-corrected chi connectivity index (χ3v) is 5.67. The van der Waals surface area contributed by atoms with Crippen molar-refractivity contribution >= 4 is 0 Å². The summed E-state index contributed by atoms with van der Waals surface area (Å²) < 4.78 is 0. The minimum Gasteiger partial charge on any atom is -0.0879 e. The summed E-state index contributed by atoms with van der Waals surface area (Å²) in [6.07, 6.45) is 4.83. The molecule has 0 fully saturated rings. The highest BCUT2D eigenvalue weighted by molar-refractivity contribution is 5.27. The first kappa shape index (κ1) is 25.4. The molecule has 0 nitrogen and oxygen atoms in total. The van der Waals surface area contributed by atoms with Gasteiger partial charge >= 0.3 is 0 Å². The van der Waals surface area contributed by atoms with Gasteiger partial charge < -0.3 is 0 Å². The molecule has 0 aromatic carbocycles. The first-order valence-electron chi connectivity index (χ1n) is 7.82. The van der Waals surface area contributed by atoms with Crippen LogP contribution in [0.2, 0.25) is 0 Å². The molecule has 0 rings (SSSR count). The summed E-state index contributed by atoms with van der Waals surface area (Å²) in [5.41, 5.74) is 4.98. The zero-order chi connectivity index (χ0) is 15.4. The van der Waals surface area contributed by atoms with Crippen molar-refractivity contribution < 1.29 is 0 Å². The predicted molar refractivity (Wildman–Crippen MR) is 103 cm³/mol. The molecule has 0 saturated carbocycles. The normalized spacial score (nSPS) is 13.9. The quantitative estimate of drug-likeness (QED) is 0.435. The highest BCUT2D eigenvalue weighted by atomic mass is 14.4. The van der Waals surface area contributed by atoms with E-state index >= 15 is 0 Å². The molecule has 0 heterocycles. The predicted octanol–water partition coefficient (Wildman–Crippen LogP) is 8.05. The summed E-state index contributed by atoms with van der Waals surface area (Å²) >= 11 is 0. The van der Waals surface area contributed by atoms with E-state index in [0.717, 1.165) is 5.92 Å². The zero-order valence-electron chi connectivity index (χ0n) is 15.1. The molecule has 0 amide bonds. The van der Waals surface area contributed by atoms with Gasteiger partial charge in [0.15, 0.2) is 0 Å². The van der Waals surface area contributed by atoms with Crippen molar-refractivity contribution in [1.29, 1.82) is 0 Å². The van der Waals surface area contributed by atoms with Gasteiger partial charge in [0.05, 0.1) is 0 Å². The fourth-order valence-electron chi connectivity index (χ4n) is 2.75. The molecule has 0 aliphatic rings. The van der Waals surface area contributed by atoms with Crippen LogP contribution in [0.1, 0.15) is 96.9 Å². The second-order valence-electron chi connectivity index (χ2n) is 7.41. The maximum absolute atomic E-state index is 2.41. The molecule has 0 spiro atoms. The lowest BCUT2D eigenvalue weighted by Crippen LogP contribution is -2.36. The summed E-state index contributed by atoms with van der Waals surface area (Å²) in [7, 11) is 0. The highest BCUT2D eigenvalue weighted by Gasteiger charge is 2.40. The molecule has 21 heavy (non-hydrogen) atoms. The zero-order valence-corrected chi connectivity index (χ0v) is 15.1. The highest BCUT2D eigenvalue weighted by Crippen LogP contribution is 2.51. The molecule has 0 aromatic rings. The van der Waals surface area contributed by atoms with Gasteiger partial charge in [0.1, 0.15) is 0 Å². The van der Waals surface area contributed by atoms with E-state index in [0.29, 0.717) is 0 Å². The Kier molecular flexibility index (Phi) is 11.5. The van der Waals surface area contributed by atoms with Crippen molar-refractivity contribution in [3.8, 4) is 0 Å². The number of rotatable bonds is 6. The number of hydrogen-bond acceptors (Lipinski definition) is 0. The van der Waals surface area contributed by atoms with Gasteiger partial charge in [0, 0.05) is 0 Å². The van der Waals surface area contributed by atoms with E-state index in [1.165, 1.54) is 24.0 Å². The number of allylic oxidation sites excluding steroid dienone is 4.